The molecule has 0 aliphatic carbocycles. The van der Waals surface area contributed by atoms with Crippen molar-refractivity contribution in [3.8, 4) is 0 Å². The number of thiophene rings is 1. The van der Waals surface area contributed by atoms with Crippen LogP contribution in [0.2, 0.25) is 10.0 Å². The minimum absolute atomic E-state index is 0.0211. The van der Waals surface area contributed by atoms with Gasteiger partial charge in [0, 0.05) is 15.5 Å². The van der Waals surface area contributed by atoms with Crippen LogP contribution in [0.25, 0.3) is 0 Å². The van der Waals surface area contributed by atoms with Crippen LogP contribution in [-0.2, 0) is 16.6 Å². The van der Waals surface area contributed by atoms with Crippen molar-refractivity contribution in [3.63, 3.8) is 0 Å². The lowest BCUT2D eigenvalue weighted by molar-refractivity contribution is 0.0951. The van der Waals surface area contributed by atoms with E-state index in [4.69, 9.17) is 23.2 Å². The molecule has 0 atom stereocenters. The van der Waals surface area contributed by atoms with Gasteiger partial charge in [-0.2, -0.15) is 0 Å². The zero-order valence-corrected chi connectivity index (χ0v) is 18.9. The lowest BCUT2D eigenvalue weighted by Crippen LogP contribution is -2.31. The third kappa shape index (κ3) is 5.05. The average Bonchev–Trinajstić information content (AvgIpc) is 3.25. The molecule has 5 nitrogen and oxygen atoms in total. The van der Waals surface area contributed by atoms with Crippen molar-refractivity contribution in [1.82, 2.24) is 5.32 Å². The van der Waals surface area contributed by atoms with Gasteiger partial charge in [-0.25, -0.2) is 8.42 Å². The minimum Gasteiger partial charge on any atom is -0.347 e. The molecule has 1 aromatic heterocycles. The second-order valence-electron chi connectivity index (χ2n) is 6.21. The number of carbonyl (C=O) groups is 1. The normalized spacial score (nSPS) is 11.1. The summed E-state index contributed by atoms with van der Waals surface area (Å²) in [5.74, 6) is -0.390. The van der Waals surface area contributed by atoms with E-state index in [9.17, 15) is 13.2 Å². The number of nitrogens with zero attached hydrogens (tertiary/aromatic N) is 1. The number of carbonyl (C=O) groups excluding carboxylic acids is 1. The molecule has 2 aromatic carbocycles. The fraction of sp³-hybridized carbons (Fsp3) is 0.0952. The molecule has 0 saturated heterocycles. The van der Waals surface area contributed by atoms with E-state index in [0.29, 0.717) is 17.3 Å². The third-order valence-electron chi connectivity index (χ3n) is 4.17. The molecule has 1 N–H and O–H groups in total. The molecule has 0 saturated carbocycles. The molecule has 0 aliphatic rings. The second-order valence-corrected chi connectivity index (χ2v) is 9.92. The SMILES string of the molecule is C=CCN(c1ccc(Cl)cc1)S(=O)(=O)c1cc(C(=O)NCc2cccs2)ccc1Cl. The molecular weight excluding hydrogens is 463 g/mol. The summed E-state index contributed by atoms with van der Waals surface area (Å²) in [6.45, 7) is 4.02. The lowest BCUT2D eigenvalue weighted by Gasteiger charge is -2.24. The largest absolute Gasteiger partial charge is 0.347 e. The molecule has 1 heterocycles. The highest BCUT2D eigenvalue weighted by Gasteiger charge is 2.27. The van der Waals surface area contributed by atoms with E-state index >= 15 is 0 Å². The first-order valence-electron chi connectivity index (χ1n) is 8.82. The molecule has 0 aliphatic heterocycles. The molecule has 0 radical (unpaired) electrons. The predicted octanol–water partition coefficient (Wildman–Crippen LogP) is 5.37. The first kappa shape index (κ1) is 22.4. The van der Waals surface area contributed by atoms with E-state index in [1.54, 1.807) is 24.3 Å². The Kier molecular flexibility index (Phi) is 7.20. The summed E-state index contributed by atoms with van der Waals surface area (Å²) in [7, 11) is -4.06. The maximum atomic E-state index is 13.4. The van der Waals surface area contributed by atoms with Crippen LogP contribution in [0.15, 0.2) is 77.5 Å². The first-order valence-corrected chi connectivity index (χ1v) is 11.9. The van der Waals surface area contributed by atoms with E-state index < -0.39 is 15.9 Å². The predicted molar refractivity (Wildman–Crippen MR) is 123 cm³/mol. The van der Waals surface area contributed by atoms with Gasteiger partial charge in [0.15, 0.2) is 0 Å². The summed E-state index contributed by atoms with van der Waals surface area (Å²) in [5.41, 5.74) is 0.604. The Bertz CT molecular complexity index is 1150. The van der Waals surface area contributed by atoms with Crippen molar-refractivity contribution in [3.05, 3.63) is 93.1 Å². The van der Waals surface area contributed by atoms with Crippen LogP contribution in [-0.4, -0.2) is 20.9 Å². The Morgan fingerprint density at radius 3 is 2.50 bits per heavy atom. The molecule has 9 heteroatoms. The van der Waals surface area contributed by atoms with Crippen LogP contribution < -0.4 is 9.62 Å². The molecular formula is C21H18Cl2N2O3S2. The number of hydrogen-bond acceptors (Lipinski definition) is 4. The van der Waals surface area contributed by atoms with Gasteiger partial charge in [-0.15, -0.1) is 17.9 Å². The Labute approximate surface area is 189 Å². The van der Waals surface area contributed by atoms with Gasteiger partial charge in [-0.1, -0.05) is 35.3 Å². The number of amides is 1. The quantitative estimate of drug-likeness (QED) is 0.440. The summed E-state index contributed by atoms with van der Waals surface area (Å²) in [4.78, 5) is 13.4. The Balaban J connectivity index is 1.93. The summed E-state index contributed by atoms with van der Waals surface area (Å²) in [6, 6.07) is 14.4. The Morgan fingerprint density at radius 2 is 1.87 bits per heavy atom. The van der Waals surface area contributed by atoms with Crippen LogP contribution in [0.1, 0.15) is 15.2 Å². The van der Waals surface area contributed by atoms with E-state index in [1.165, 1.54) is 35.6 Å². The van der Waals surface area contributed by atoms with Crippen molar-refractivity contribution in [1.29, 1.82) is 0 Å². The maximum absolute atomic E-state index is 13.4. The van der Waals surface area contributed by atoms with Gasteiger partial charge in [0.05, 0.1) is 23.8 Å². The standard InChI is InChI=1S/C21H18Cl2N2O3S2/c1-2-11-25(17-8-6-16(22)7-9-17)30(27,28)20-13-15(5-10-19(20)23)21(26)24-14-18-4-3-12-29-18/h2-10,12-13H,1,11,14H2,(H,24,26). The highest BCUT2D eigenvalue weighted by molar-refractivity contribution is 7.93. The molecule has 1 amide bonds. The van der Waals surface area contributed by atoms with E-state index in [-0.39, 0.29) is 22.0 Å². The summed E-state index contributed by atoms with van der Waals surface area (Å²) >= 11 is 13.7. The van der Waals surface area contributed by atoms with Gasteiger partial charge in [0.2, 0.25) is 0 Å². The number of nitrogens with one attached hydrogen (secondary N) is 1. The number of rotatable bonds is 8. The summed E-state index contributed by atoms with van der Waals surface area (Å²) < 4.78 is 27.9. The van der Waals surface area contributed by atoms with Crippen LogP contribution in [0.4, 0.5) is 5.69 Å². The van der Waals surface area contributed by atoms with Crippen molar-refractivity contribution < 1.29 is 13.2 Å². The maximum Gasteiger partial charge on any atom is 0.266 e. The average molecular weight is 481 g/mol. The van der Waals surface area contributed by atoms with Crippen molar-refractivity contribution in [2.45, 2.75) is 11.4 Å². The van der Waals surface area contributed by atoms with E-state index in [2.05, 4.69) is 11.9 Å². The molecule has 3 aromatic rings. The fourth-order valence-electron chi connectivity index (χ4n) is 2.71. The Hall–Kier alpha value is -2.32. The van der Waals surface area contributed by atoms with Gasteiger partial charge in [-0.3, -0.25) is 9.10 Å². The second kappa shape index (κ2) is 9.66. The molecule has 30 heavy (non-hydrogen) atoms. The number of hydrogen-bond donors (Lipinski definition) is 1. The zero-order chi connectivity index (χ0) is 21.7. The number of halogens is 2. The molecule has 3 rings (SSSR count). The number of benzene rings is 2. The topological polar surface area (TPSA) is 66.5 Å². The lowest BCUT2D eigenvalue weighted by atomic mass is 10.2. The van der Waals surface area contributed by atoms with Gasteiger partial charge >= 0.3 is 0 Å². The molecule has 0 fully saturated rings. The van der Waals surface area contributed by atoms with Gasteiger partial charge < -0.3 is 5.32 Å². The zero-order valence-electron chi connectivity index (χ0n) is 15.7. The number of sulfonamides is 1. The van der Waals surface area contributed by atoms with Gasteiger partial charge in [-0.05, 0) is 53.9 Å². The van der Waals surface area contributed by atoms with Gasteiger partial charge in [0.25, 0.3) is 15.9 Å². The molecule has 0 bridgehead atoms. The monoisotopic (exact) mass is 480 g/mol. The van der Waals surface area contributed by atoms with Crippen LogP contribution >= 0.6 is 34.5 Å². The molecule has 156 valence electrons. The van der Waals surface area contributed by atoms with Crippen LogP contribution in [0.5, 0.6) is 0 Å². The van der Waals surface area contributed by atoms with Crippen molar-refractivity contribution in [2.75, 3.05) is 10.8 Å². The van der Waals surface area contributed by atoms with Crippen molar-refractivity contribution >= 4 is 56.2 Å². The van der Waals surface area contributed by atoms with Crippen LogP contribution in [0.3, 0.4) is 0 Å². The summed E-state index contributed by atoms with van der Waals surface area (Å²) in [6.07, 6.45) is 1.47. The minimum atomic E-state index is -4.06. The van der Waals surface area contributed by atoms with Gasteiger partial charge in [0.1, 0.15) is 4.90 Å². The number of anilines is 1. The van der Waals surface area contributed by atoms with Crippen molar-refractivity contribution in [2.24, 2.45) is 0 Å². The Morgan fingerprint density at radius 1 is 1.13 bits per heavy atom. The summed E-state index contributed by atoms with van der Waals surface area (Å²) in [5, 5.41) is 5.20. The van der Waals surface area contributed by atoms with E-state index in [1.807, 2.05) is 17.5 Å². The molecule has 0 spiro atoms. The third-order valence-corrected chi connectivity index (χ3v) is 7.58. The fourth-order valence-corrected chi connectivity index (χ4v) is 5.42. The van der Waals surface area contributed by atoms with Crippen LogP contribution in [0, 0.1) is 0 Å². The first-order chi connectivity index (χ1) is 14.3. The molecule has 0 unspecified atom stereocenters. The highest BCUT2D eigenvalue weighted by Crippen LogP contribution is 2.30. The smallest absolute Gasteiger partial charge is 0.266 e. The highest BCUT2D eigenvalue weighted by atomic mass is 35.5. The van der Waals surface area contributed by atoms with E-state index in [0.717, 1.165) is 9.18 Å².